The fourth-order valence-corrected chi connectivity index (χ4v) is 10.1. The molecule has 2 amide bonds. The van der Waals surface area contributed by atoms with Gasteiger partial charge in [-0.05, 0) is 48.9 Å². The number of aliphatic hydroxyl groups excluding tert-OH is 1. The number of rotatable bonds is 9. The first-order valence-corrected chi connectivity index (χ1v) is 17.0. The van der Waals surface area contributed by atoms with Gasteiger partial charge in [0.1, 0.15) is 51.1 Å². The largest absolute Gasteiger partial charge is 1.00 e. The van der Waals surface area contributed by atoms with Crippen molar-refractivity contribution in [1.82, 2.24) is 4.90 Å². The minimum absolute atomic E-state index is 0. The molecule has 242 valence electrons. The molecule has 9 rings (SSSR count). The van der Waals surface area contributed by atoms with E-state index in [1.165, 1.54) is 16.0 Å². The Hall–Kier alpha value is -2.73. The molecule has 0 aromatic heterocycles. The van der Waals surface area contributed by atoms with Gasteiger partial charge in [-0.15, -0.1) is 0 Å². The average molecular weight is 651 g/mol. The zero-order chi connectivity index (χ0) is 32.0. The number of ether oxygens (including phenoxy) is 1. The van der Waals surface area contributed by atoms with Crippen LogP contribution in [-0.4, -0.2) is 107 Å². The Morgan fingerprint density at radius 3 is 2.38 bits per heavy atom. The number of nitrogens with zero attached hydrogens (tertiary/aromatic N) is 3. The molecule has 6 unspecified atom stereocenters. The fourth-order valence-electron chi connectivity index (χ4n) is 10.1. The number of quaternary nitrogens is 2. The second-order valence-corrected chi connectivity index (χ2v) is 14.7. The van der Waals surface area contributed by atoms with Crippen LogP contribution in [0.5, 0.6) is 5.75 Å². The maximum absolute atomic E-state index is 13.0. The Labute approximate surface area is 297 Å². The summed E-state index contributed by atoms with van der Waals surface area (Å²) in [7, 11) is 0. The van der Waals surface area contributed by atoms with Crippen molar-refractivity contribution in [3.63, 3.8) is 0 Å². The van der Waals surface area contributed by atoms with E-state index in [1.807, 2.05) is 12.1 Å². The van der Waals surface area contributed by atoms with E-state index in [-0.39, 0.29) is 64.9 Å². The first kappa shape index (κ1) is 32.8. The van der Waals surface area contributed by atoms with Gasteiger partial charge in [-0.25, -0.2) is 0 Å². The van der Waals surface area contributed by atoms with Crippen molar-refractivity contribution in [2.75, 3.05) is 52.4 Å². The first-order valence-electron chi connectivity index (χ1n) is 17.0. The molecule has 47 heavy (non-hydrogen) atoms. The number of carboxylic acids is 1. The number of benzene rings is 2. The molecule has 2 aromatic carbocycles. The molecule has 5 fully saturated rings. The fraction of sp³-hybridized carbons (Fsp3) is 0.528. The zero-order valence-corrected chi connectivity index (χ0v) is 29.4. The number of carbonyl (C=O) groups is 3. The molecule has 10 nitrogen and oxygen atoms in total. The van der Waals surface area contributed by atoms with Gasteiger partial charge in [0, 0.05) is 29.4 Å². The Morgan fingerprint density at radius 1 is 1.02 bits per heavy atom. The van der Waals surface area contributed by atoms with Crippen molar-refractivity contribution in [2.24, 2.45) is 17.6 Å². The number of aliphatic hydroxyl groups is 1. The summed E-state index contributed by atoms with van der Waals surface area (Å²) >= 11 is 0. The molecule has 2 aromatic rings. The van der Waals surface area contributed by atoms with Crippen LogP contribution in [0, 0.1) is 11.8 Å². The van der Waals surface area contributed by atoms with Gasteiger partial charge < -0.3 is 39.3 Å². The molecule has 4 saturated heterocycles. The monoisotopic (exact) mass is 650 g/mol. The van der Waals surface area contributed by atoms with Gasteiger partial charge in [-0.2, -0.15) is 0 Å². The molecule has 11 heteroatoms. The maximum Gasteiger partial charge on any atom is 1.00 e. The van der Waals surface area contributed by atoms with Crippen LogP contribution in [0.4, 0.5) is 0 Å². The summed E-state index contributed by atoms with van der Waals surface area (Å²) in [5.74, 6) is -1.70. The number of nitrogens with two attached hydrogens (primary N) is 1. The number of carbonyl (C=O) groups excluding carboxylic acids is 3. The number of piperazine rings is 3. The molecule has 3 N–H and O–H groups in total. The SMILES string of the molecule is CC(O)C1C(=O)N2C(C(=O)[O-])=C3C(Oc4cccc5c4-c4ccccc4C5CC[N+]45CC[N+](CC(N)=O)(CC4)CC5)CCCC3C12.[Na+]. The van der Waals surface area contributed by atoms with Gasteiger partial charge >= 0.3 is 29.6 Å². The molecule has 2 aliphatic carbocycles. The summed E-state index contributed by atoms with van der Waals surface area (Å²) in [4.78, 5) is 38.6. The van der Waals surface area contributed by atoms with Crippen LogP contribution < -0.4 is 45.1 Å². The molecular weight excluding hydrogens is 607 g/mol. The quantitative estimate of drug-likeness (QED) is 0.186. The zero-order valence-electron chi connectivity index (χ0n) is 27.4. The second kappa shape index (κ2) is 12.0. The predicted octanol–water partition coefficient (Wildman–Crippen LogP) is -1.89. The standard InChI is InChI=1S/C36H42N4O6.Na/c1-21(41)30-33-26-9-5-11-28(32(26)34(36(44)45)38(33)35(30)43)46-27-10-4-8-25-23(22-6-2-3-7-24(22)31(25)27)12-13-39-14-17-40(18-15-39,19-16-39)20-29(37)42;/h2-4,6-8,10,21,23,26,28,30,33,41H,5,9,11-20H2,1H3,(H-2,37,42,44,45);/q;+1/p+1. The summed E-state index contributed by atoms with van der Waals surface area (Å²) < 4.78 is 8.78. The van der Waals surface area contributed by atoms with Crippen molar-refractivity contribution in [3.05, 3.63) is 64.9 Å². The van der Waals surface area contributed by atoms with E-state index in [9.17, 15) is 24.6 Å². The Kier molecular flexibility index (Phi) is 8.37. The smallest absolute Gasteiger partial charge is 0.543 e. The van der Waals surface area contributed by atoms with Crippen LogP contribution in [0.25, 0.3) is 11.1 Å². The number of aliphatic carboxylic acids is 1. The van der Waals surface area contributed by atoms with Gasteiger partial charge in [0.25, 0.3) is 5.91 Å². The minimum atomic E-state index is -1.35. The van der Waals surface area contributed by atoms with Crippen LogP contribution in [0.3, 0.4) is 0 Å². The summed E-state index contributed by atoms with van der Waals surface area (Å²) in [5.41, 5.74) is 11.0. The van der Waals surface area contributed by atoms with Crippen LogP contribution in [0.1, 0.15) is 49.7 Å². The van der Waals surface area contributed by atoms with Gasteiger partial charge in [0.05, 0.1) is 36.3 Å². The molecule has 5 heterocycles. The van der Waals surface area contributed by atoms with E-state index >= 15 is 0 Å². The predicted molar refractivity (Wildman–Crippen MR) is 167 cm³/mol. The third-order valence-corrected chi connectivity index (χ3v) is 12.4. The molecule has 1 saturated carbocycles. The Bertz CT molecular complexity index is 1650. The van der Waals surface area contributed by atoms with E-state index in [2.05, 4.69) is 30.3 Å². The van der Waals surface area contributed by atoms with E-state index in [4.69, 9.17) is 10.5 Å². The van der Waals surface area contributed by atoms with Crippen LogP contribution in [0.15, 0.2) is 53.7 Å². The third-order valence-electron chi connectivity index (χ3n) is 12.4. The molecule has 0 spiro atoms. The average Bonchev–Trinajstić information content (AvgIpc) is 3.52. The van der Waals surface area contributed by atoms with Gasteiger partial charge in [0.2, 0.25) is 5.91 Å². The van der Waals surface area contributed by atoms with E-state index in [0.29, 0.717) is 18.5 Å². The van der Waals surface area contributed by atoms with Crippen LogP contribution in [0.2, 0.25) is 0 Å². The summed E-state index contributed by atoms with van der Waals surface area (Å²) in [6.07, 6.45) is 1.92. The van der Waals surface area contributed by atoms with Gasteiger partial charge in [0.15, 0.2) is 6.54 Å². The van der Waals surface area contributed by atoms with E-state index < -0.39 is 24.1 Å². The number of hydrogen-bond acceptors (Lipinski definition) is 6. The molecular formula is C36H43N4NaO6+2. The van der Waals surface area contributed by atoms with Gasteiger partial charge in [-0.3, -0.25) is 9.59 Å². The normalized spacial score (nSPS) is 33.6. The number of amides is 2. The molecule has 7 aliphatic rings. The molecule has 0 radical (unpaired) electrons. The molecule has 6 atom stereocenters. The topological polar surface area (TPSA) is 133 Å². The summed E-state index contributed by atoms with van der Waals surface area (Å²) in [6.45, 7) is 9.37. The van der Waals surface area contributed by atoms with Crippen molar-refractivity contribution in [1.29, 1.82) is 0 Å². The number of hydrogen-bond donors (Lipinski definition) is 2. The van der Waals surface area contributed by atoms with Crippen LogP contribution >= 0.6 is 0 Å². The molecule has 2 bridgehead atoms. The van der Waals surface area contributed by atoms with Crippen LogP contribution in [-0.2, 0) is 14.4 Å². The maximum atomic E-state index is 13.0. The third kappa shape index (κ3) is 5.09. The Balaban J connectivity index is 0.00000351. The summed E-state index contributed by atoms with van der Waals surface area (Å²) in [6, 6.07) is 14.4. The second-order valence-electron chi connectivity index (χ2n) is 14.7. The number of β-lactam (4-membered cyclic amide) rings is 1. The number of carboxylic acid groups (broad SMARTS) is 1. The van der Waals surface area contributed by atoms with Crippen molar-refractivity contribution >= 4 is 17.8 Å². The summed E-state index contributed by atoms with van der Waals surface area (Å²) in [5, 5.41) is 22.8. The Morgan fingerprint density at radius 2 is 1.70 bits per heavy atom. The van der Waals surface area contributed by atoms with Crippen molar-refractivity contribution in [3.8, 4) is 16.9 Å². The number of primary amides is 1. The first-order chi connectivity index (χ1) is 22.1. The van der Waals surface area contributed by atoms with Crippen molar-refractivity contribution < 1.29 is 67.9 Å². The minimum Gasteiger partial charge on any atom is -0.543 e. The van der Waals surface area contributed by atoms with Gasteiger partial charge in [-0.1, -0.05) is 36.4 Å². The van der Waals surface area contributed by atoms with Crippen molar-refractivity contribution in [2.45, 2.75) is 56.8 Å². The number of fused-ring (bicyclic) bond motifs is 9. The van der Waals surface area contributed by atoms with E-state index in [1.54, 1.807) is 6.92 Å². The van der Waals surface area contributed by atoms with E-state index in [0.717, 1.165) is 90.9 Å². The molecule has 5 aliphatic heterocycles.